The summed E-state index contributed by atoms with van der Waals surface area (Å²) in [4.78, 5) is 5.12. The Hall–Kier alpha value is -1.48. The summed E-state index contributed by atoms with van der Waals surface area (Å²) in [5.74, 6) is -0.425. The third-order valence-electron chi connectivity index (χ3n) is 1.89. The minimum Gasteiger partial charge on any atom is -0.264 e. The number of halogens is 1. The Morgan fingerprint density at radius 1 is 1.53 bits per heavy atom. The van der Waals surface area contributed by atoms with E-state index in [0.29, 0.717) is 0 Å². The van der Waals surface area contributed by atoms with Crippen molar-refractivity contribution in [2.24, 2.45) is 0 Å². The lowest BCUT2D eigenvalue weighted by molar-refractivity contribution is 0.673. The number of hydrogen-bond donors (Lipinski definition) is 0. The predicted molar refractivity (Wildman–Crippen MR) is 62.0 cm³/mol. The molecule has 0 unspecified atom stereocenters. The van der Waals surface area contributed by atoms with Crippen molar-refractivity contribution in [3.63, 3.8) is 0 Å². The molecule has 2 heterocycles. The van der Waals surface area contributed by atoms with Crippen LogP contribution < -0.4 is 0 Å². The van der Waals surface area contributed by atoms with Gasteiger partial charge in [-0.2, -0.15) is 0 Å². The van der Waals surface area contributed by atoms with Crippen molar-refractivity contribution in [3.8, 4) is 10.4 Å². The average Bonchev–Trinajstić information content (AvgIpc) is 2.67. The van der Waals surface area contributed by atoms with Gasteiger partial charge in [-0.05, 0) is 29.2 Å². The van der Waals surface area contributed by atoms with Crippen molar-refractivity contribution in [2.75, 3.05) is 0 Å². The Kier molecular flexibility index (Phi) is 2.92. The Labute approximate surface area is 91.9 Å². The van der Waals surface area contributed by atoms with E-state index < -0.39 is 5.83 Å². The van der Waals surface area contributed by atoms with Gasteiger partial charge in [0.05, 0.1) is 0 Å². The van der Waals surface area contributed by atoms with Gasteiger partial charge >= 0.3 is 0 Å². The van der Waals surface area contributed by atoms with Crippen LogP contribution in [0.2, 0.25) is 0 Å². The van der Waals surface area contributed by atoms with Crippen LogP contribution in [-0.2, 0) is 0 Å². The minimum absolute atomic E-state index is 0.425. The highest BCUT2D eigenvalue weighted by Gasteiger charge is 2.01. The first-order chi connectivity index (χ1) is 7.25. The molecule has 1 nitrogen and oxygen atoms in total. The molecule has 0 saturated carbocycles. The fourth-order valence-electron chi connectivity index (χ4n) is 1.27. The summed E-state index contributed by atoms with van der Waals surface area (Å²) >= 11 is 1.57. The number of thiophene rings is 1. The molecule has 2 rings (SSSR count). The zero-order chi connectivity index (χ0) is 10.7. The zero-order valence-corrected chi connectivity index (χ0v) is 8.80. The summed E-state index contributed by atoms with van der Waals surface area (Å²) in [6.45, 7) is 3.20. The van der Waals surface area contributed by atoms with Gasteiger partial charge in [-0.15, -0.1) is 11.3 Å². The number of hydrogen-bond acceptors (Lipinski definition) is 2. The predicted octanol–water partition coefficient (Wildman–Crippen LogP) is 3.95. The Morgan fingerprint density at radius 3 is 3.07 bits per heavy atom. The summed E-state index contributed by atoms with van der Waals surface area (Å²) < 4.78 is 12.5. The van der Waals surface area contributed by atoms with Crippen molar-refractivity contribution in [2.45, 2.75) is 0 Å². The highest BCUT2D eigenvalue weighted by molar-refractivity contribution is 7.13. The molecular weight excluding hydrogens is 209 g/mol. The first-order valence-corrected chi connectivity index (χ1v) is 5.32. The SMILES string of the molecule is [CH2]/C(F)=C\c1csc(-c2cccnc2)c1. The fourth-order valence-corrected chi connectivity index (χ4v) is 2.13. The maximum Gasteiger partial charge on any atom is 0.101 e. The van der Waals surface area contributed by atoms with Gasteiger partial charge in [0.1, 0.15) is 5.83 Å². The quantitative estimate of drug-likeness (QED) is 0.743. The van der Waals surface area contributed by atoms with Crippen LogP contribution in [0.3, 0.4) is 0 Å². The molecule has 0 aliphatic carbocycles. The molecule has 0 aliphatic heterocycles. The topological polar surface area (TPSA) is 12.9 Å². The Morgan fingerprint density at radius 2 is 2.40 bits per heavy atom. The van der Waals surface area contributed by atoms with E-state index in [0.717, 1.165) is 16.0 Å². The lowest BCUT2D eigenvalue weighted by Gasteiger charge is -1.93. The number of rotatable bonds is 2. The summed E-state index contributed by atoms with van der Waals surface area (Å²) in [5.41, 5.74) is 1.89. The summed E-state index contributed by atoms with van der Waals surface area (Å²) in [6.07, 6.45) is 4.93. The van der Waals surface area contributed by atoms with Crippen LogP contribution in [0.5, 0.6) is 0 Å². The minimum atomic E-state index is -0.425. The molecule has 0 atom stereocenters. The highest BCUT2D eigenvalue weighted by Crippen LogP contribution is 2.27. The van der Waals surface area contributed by atoms with Crippen molar-refractivity contribution < 1.29 is 4.39 Å². The van der Waals surface area contributed by atoms with Crippen LogP contribution in [0.15, 0.2) is 41.8 Å². The van der Waals surface area contributed by atoms with Crippen LogP contribution >= 0.6 is 11.3 Å². The molecule has 0 spiro atoms. The largest absolute Gasteiger partial charge is 0.264 e. The van der Waals surface area contributed by atoms with Crippen LogP contribution in [0.25, 0.3) is 16.5 Å². The normalized spacial score (nSPS) is 11.7. The van der Waals surface area contributed by atoms with Crippen molar-refractivity contribution in [1.29, 1.82) is 0 Å². The second kappa shape index (κ2) is 4.36. The van der Waals surface area contributed by atoms with Gasteiger partial charge in [-0.25, -0.2) is 4.39 Å². The molecule has 0 N–H and O–H groups in total. The number of allylic oxidation sites excluding steroid dienone is 1. The Balaban J connectivity index is 2.32. The van der Waals surface area contributed by atoms with E-state index in [1.54, 1.807) is 23.7 Å². The summed E-state index contributed by atoms with van der Waals surface area (Å²) in [7, 11) is 0. The number of aromatic nitrogens is 1. The van der Waals surface area contributed by atoms with E-state index in [4.69, 9.17) is 0 Å². The number of pyridine rings is 1. The maximum atomic E-state index is 12.5. The van der Waals surface area contributed by atoms with Crippen molar-refractivity contribution in [1.82, 2.24) is 4.98 Å². The molecule has 3 heteroatoms. The van der Waals surface area contributed by atoms with Gasteiger partial charge in [0.25, 0.3) is 0 Å². The van der Waals surface area contributed by atoms with E-state index in [-0.39, 0.29) is 0 Å². The third-order valence-corrected chi connectivity index (χ3v) is 2.89. The lowest BCUT2D eigenvalue weighted by atomic mass is 10.2. The van der Waals surface area contributed by atoms with Gasteiger partial charge < -0.3 is 0 Å². The standard InChI is InChI=1S/C12H9FNS/c1-9(13)5-10-6-12(15-8-10)11-3-2-4-14-7-11/h2-8H,1H2/b9-5+. The first kappa shape index (κ1) is 10.1. The molecule has 15 heavy (non-hydrogen) atoms. The summed E-state index contributed by atoms with van der Waals surface area (Å²) in [6, 6.07) is 5.78. The van der Waals surface area contributed by atoms with E-state index in [2.05, 4.69) is 11.9 Å². The molecule has 2 aromatic heterocycles. The second-order valence-corrected chi connectivity index (χ2v) is 3.99. The molecule has 0 aromatic carbocycles. The van der Waals surface area contributed by atoms with Crippen molar-refractivity contribution >= 4 is 17.4 Å². The van der Waals surface area contributed by atoms with E-state index in [1.807, 2.05) is 23.6 Å². The second-order valence-electron chi connectivity index (χ2n) is 3.08. The monoisotopic (exact) mass is 218 g/mol. The molecular formula is C12H9FNS. The van der Waals surface area contributed by atoms with Gasteiger partial charge in [0.15, 0.2) is 0 Å². The Bertz CT molecular complexity index is 469. The molecule has 0 aliphatic rings. The molecule has 0 saturated heterocycles. The van der Waals surface area contributed by atoms with Gasteiger partial charge in [-0.1, -0.05) is 6.07 Å². The number of nitrogens with zero attached hydrogens (tertiary/aromatic N) is 1. The van der Waals surface area contributed by atoms with Crippen LogP contribution in [0.4, 0.5) is 4.39 Å². The molecule has 75 valence electrons. The van der Waals surface area contributed by atoms with Crippen LogP contribution in [-0.4, -0.2) is 4.98 Å². The lowest BCUT2D eigenvalue weighted by Crippen LogP contribution is -1.73. The molecule has 1 radical (unpaired) electrons. The molecule has 0 fully saturated rings. The smallest absolute Gasteiger partial charge is 0.101 e. The van der Waals surface area contributed by atoms with Gasteiger partial charge in [-0.3, -0.25) is 4.98 Å². The first-order valence-electron chi connectivity index (χ1n) is 4.44. The van der Waals surface area contributed by atoms with E-state index in [1.165, 1.54) is 6.08 Å². The van der Waals surface area contributed by atoms with Crippen LogP contribution in [0.1, 0.15) is 5.56 Å². The average molecular weight is 218 g/mol. The fraction of sp³-hybridized carbons (Fsp3) is 0. The summed E-state index contributed by atoms with van der Waals surface area (Å²) in [5, 5.41) is 1.90. The maximum absolute atomic E-state index is 12.5. The van der Waals surface area contributed by atoms with E-state index in [9.17, 15) is 4.39 Å². The van der Waals surface area contributed by atoms with E-state index >= 15 is 0 Å². The third kappa shape index (κ3) is 2.50. The van der Waals surface area contributed by atoms with Crippen LogP contribution in [0, 0.1) is 6.92 Å². The van der Waals surface area contributed by atoms with Gasteiger partial charge in [0, 0.05) is 29.8 Å². The van der Waals surface area contributed by atoms with Crippen molar-refractivity contribution in [3.05, 3.63) is 54.3 Å². The molecule has 0 bridgehead atoms. The molecule has 2 aromatic rings. The molecule has 0 amide bonds. The zero-order valence-electron chi connectivity index (χ0n) is 7.98. The van der Waals surface area contributed by atoms with Gasteiger partial charge in [0.2, 0.25) is 0 Å². The highest BCUT2D eigenvalue weighted by atomic mass is 32.1.